The van der Waals surface area contributed by atoms with Crippen molar-refractivity contribution in [3.8, 4) is 0 Å². The lowest BCUT2D eigenvalue weighted by Crippen LogP contribution is -2.53. The fraction of sp³-hybridized carbons (Fsp3) is 0.208. The number of benzene rings is 2. The van der Waals surface area contributed by atoms with Gasteiger partial charge in [-0.3, -0.25) is 18.9 Å². The van der Waals surface area contributed by atoms with Gasteiger partial charge in [-0.05, 0) is 54.8 Å². The second kappa shape index (κ2) is 9.82. The standard InChI is InChI=1S/C24H23ClN4O4S/c1-16-5-4-6-18(25)23(16)34(32,33)29-20-8-3-2-7-19(20)28-24(31)21(29)15-22(30)27-14-11-17-9-12-26-13-10-17/h2-10,12-13,21H,11,14-15H2,1H3,(H,27,30)(H,28,31)/t21-/m1/s1. The third kappa shape index (κ3) is 4.76. The summed E-state index contributed by atoms with van der Waals surface area (Å²) in [6, 6.07) is 13.7. The number of hydrogen-bond donors (Lipinski definition) is 2. The van der Waals surface area contributed by atoms with Crippen molar-refractivity contribution in [3.05, 3.63) is 83.1 Å². The number of pyridine rings is 1. The predicted octanol–water partition coefficient (Wildman–Crippen LogP) is 3.31. The quantitative estimate of drug-likeness (QED) is 0.519. The summed E-state index contributed by atoms with van der Waals surface area (Å²) in [5.41, 5.74) is 2.06. The van der Waals surface area contributed by atoms with E-state index < -0.39 is 27.9 Å². The number of sulfonamides is 1. The number of para-hydroxylation sites is 2. The van der Waals surface area contributed by atoms with Crippen LogP contribution in [0, 0.1) is 6.92 Å². The highest BCUT2D eigenvalue weighted by molar-refractivity contribution is 7.93. The summed E-state index contributed by atoms with van der Waals surface area (Å²) < 4.78 is 28.7. The SMILES string of the molecule is Cc1cccc(Cl)c1S(=O)(=O)N1c2ccccc2NC(=O)[C@H]1CC(=O)NCCc1ccncc1. The summed E-state index contributed by atoms with van der Waals surface area (Å²) in [6.45, 7) is 1.97. The zero-order valence-electron chi connectivity index (χ0n) is 18.4. The van der Waals surface area contributed by atoms with E-state index in [1.54, 1.807) is 55.7 Å². The largest absolute Gasteiger partial charge is 0.356 e. The lowest BCUT2D eigenvalue weighted by molar-refractivity contribution is -0.125. The van der Waals surface area contributed by atoms with Gasteiger partial charge in [-0.25, -0.2) is 8.42 Å². The van der Waals surface area contributed by atoms with E-state index >= 15 is 0 Å². The molecule has 0 unspecified atom stereocenters. The third-order valence-corrected chi connectivity index (χ3v) is 7.98. The number of hydrogen-bond acceptors (Lipinski definition) is 5. The Hall–Kier alpha value is -3.43. The zero-order chi connectivity index (χ0) is 24.3. The number of rotatable bonds is 7. The molecule has 8 nitrogen and oxygen atoms in total. The number of nitrogens with one attached hydrogen (secondary N) is 2. The van der Waals surface area contributed by atoms with Crippen molar-refractivity contribution in [1.29, 1.82) is 0 Å². The third-order valence-electron chi connectivity index (χ3n) is 5.53. The normalized spacial score (nSPS) is 15.4. The zero-order valence-corrected chi connectivity index (χ0v) is 19.9. The number of carbonyl (C=O) groups excluding carboxylic acids is 2. The van der Waals surface area contributed by atoms with Crippen LogP contribution >= 0.6 is 11.6 Å². The van der Waals surface area contributed by atoms with Crippen molar-refractivity contribution in [2.45, 2.75) is 30.7 Å². The van der Waals surface area contributed by atoms with Gasteiger partial charge in [-0.2, -0.15) is 0 Å². The topological polar surface area (TPSA) is 108 Å². The average molecular weight is 499 g/mol. The van der Waals surface area contributed by atoms with Crippen molar-refractivity contribution < 1.29 is 18.0 Å². The Kier molecular flexibility index (Phi) is 6.85. The van der Waals surface area contributed by atoms with Crippen molar-refractivity contribution in [1.82, 2.24) is 10.3 Å². The molecule has 2 aromatic carbocycles. The number of halogens is 1. The Morgan fingerprint density at radius 2 is 1.85 bits per heavy atom. The number of nitrogens with zero attached hydrogens (tertiary/aromatic N) is 2. The second-order valence-corrected chi connectivity index (χ2v) is 10.0. The number of anilines is 2. The van der Waals surface area contributed by atoms with E-state index in [1.807, 2.05) is 12.1 Å². The van der Waals surface area contributed by atoms with Crippen LogP contribution in [-0.4, -0.2) is 37.8 Å². The molecule has 34 heavy (non-hydrogen) atoms. The first-order valence-electron chi connectivity index (χ1n) is 10.6. The Morgan fingerprint density at radius 1 is 1.12 bits per heavy atom. The lowest BCUT2D eigenvalue weighted by Gasteiger charge is -2.37. The smallest absolute Gasteiger partial charge is 0.266 e. The number of carbonyl (C=O) groups is 2. The van der Waals surface area contributed by atoms with E-state index in [4.69, 9.17) is 11.6 Å². The molecular weight excluding hydrogens is 476 g/mol. The molecule has 0 aliphatic carbocycles. The van der Waals surface area contributed by atoms with Gasteiger partial charge in [0.25, 0.3) is 10.0 Å². The van der Waals surface area contributed by atoms with Crippen LogP contribution in [0.1, 0.15) is 17.5 Å². The van der Waals surface area contributed by atoms with E-state index in [9.17, 15) is 18.0 Å². The molecule has 1 aliphatic heterocycles. The number of aryl methyl sites for hydroxylation is 1. The minimum absolute atomic E-state index is 0.0454. The van der Waals surface area contributed by atoms with Gasteiger partial charge in [0, 0.05) is 18.9 Å². The van der Waals surface area contributed by atoms with Gasteiger partial charge in [0.05, 0.1) is 22.8 Å². The van der Waals surface area contributed by atoms with Gasteiger partial charge in [0.1, 0.15) is 10.9 Å². The summed E-state index contributed by atoms with van der Waals surface area (Å²) in [5, 5.41) is 5.53. The maximum atomic E-state index is 13.9. The van der Waals surface area contributed by atoms with E-state index in [-0.39, 0.29) is 22.0 Å². The fourth-order valence-electron chi connectivity index (χ4n) is 3.92. The minimum Gasteiger partial charge on any atom is -0.356 e. The van der Waals surface area contributed by atoms with Gasteiger partial charge in [-0.1, -0.05) is 35.9 Å². The first-order chi connectivity index (χ1) is 16.3. The van der Waals surface area contributed by atoms with Crippen LogP contribution in [0.5, 0.6) is 0 Å². The summed E-state index contributed by atoms with van der Waals surface area (Å²) in [5.74, 6) is -1.03. The highest BCUT2D eigenvalue weighted by atomic mass is 35.5. The molecule has 1 atom stereocenters. The summed E-state index contributed by atoms with van der Waals surface area (Å²) in [4.78, 5) is 29.6. The molecule has 0 saturated heterocycles. The van der Waals surface area contributed by atoms with Crippen LogP contribution in [-0.2, 0) is 26.0 Å². The highest BCUT2D eigenvalue weighted by Crippen LogP contribution is 2.39. The molecule has 1 aromatic heterocycles. The molecule has 0 saturated carbocycles. The molecule has 0 spiro atoms. The van der Waals surface area contributed by atoms with Crippen molar-refractivity contribution in [3.63, 3.8) is 0 Å². The van der Waals surface area contributed by atoms with E-state index in [0.717, 1.165) is 9.87 Å². The molecule has 0 fully saturated rings. The minimum atomic E-state index is -4.27. The Morgan fingerprint density at radius 3 is 2.59 bits per heavy atom. The molecule has 4 rings (SSSR count). The second-order valence-electron chi connectivity index (χ2n) is 7.87. The molecule has 1 aliphatic rings. The molecule has 2 heterocycles. The molecule has 2 amide bonds. The van der Waals surface area contributed by atoms with Gasteiger partial charge in [0.2, 0.25) is 11.8 Å². The molecule has 0 bridgehead atoms. The van der Waals surface area contributed by atoms with Crippen LogP contribution in [0.4, 0.5) is 11.4 Å². The molecule has 10 heteroatoms. The maximum absolute atomic E-state index is 13.9. The molecule has 3 aromatic rings. The van der Waals surface area contributed by atoms with E-state index in [0.29, 0.717) is 24.2 Å². The van der Waals surface area contributed by atoms with Crippen molar-refractivity contribution in [2.75, 3.05) is 16.2 Å². The Bertz CT molecular complexity index is 1310. The van der Waals surface area contributed by atoms with Crippen molar-refractivity contribution >= 4 is 44.8 Å². The molecule has 0 radical (unpaired) electrons. The lowest BCUT2D eigenvalue weighted by atomic mass is 10.1. The predicted molar refractivity (Wildman–Crippen MR) is 130 cm³/mol. The average Bonchev–Trinajstić information content (AvgIpc) is 2.80. The van der Waals surface area contributed by atoms with Crippen molar-refractivity contribution in [2.24, 2.45) is 0 Å². The molecular formula is C24H23ClN4O4S. The van der Waals surface area contributed by atoms with Crippen LogP contribution in [0.15, 0.2) is 71.9 Å². The van der Waals surface area contributed by atoms with Crippen LogP contribution in [0.2, 0.25) is 5.02 Å². The van der Waals surface area contributed by atoms with Gasteiger partial charge >= 0.3 is 0 Å². The van der Waals surface area contributed by atoms with Crippen LogP contribution in [0.25, 0.3) is 0 Å². The van der Waals surface area contributed by atoms with Gasteiger partial charge in [-0.15, -0.1) is 0 Å². The monoisotopic (exact) mass is 498 g/mol. The number of aromatic nitrogens is 1. The fourth-order valence-corrected chi connectivity index (χ4v) is 6.34. The van der Waals surface area contributed by atoms with Gasteiger partial charge in [0.15, 0.2) is 0 Å². The molecule has 176 valence electrons. The van der Waals surface area contributed by atoms with Gasteiger partial charge < -0.3 is 10.6 Å². The maximum Gasteiger partial charge on any atom is 0.266 e. The highest BCUT2D eigenvalue weighted by Gasteiger charge is 2.43. The van der Waals surface area contributed by atoms with E-state index in [2.05, 4.69) is 15.6 Å². The number of amides is 2. The first kappa shape index (κ1) is 23.7. The van der Waals surface area contributed by atoms with E-state index in [1.165, 1.54) is 6.07 Å². The Balaban J connectivity index is 1.64. The number of fused-ring (bicyclic) bond motifs is 1. The summed E-state index contributed by atoms with van der Waals surface area (Å²) in [7, 11) is -4.27. The summed E-state index contributed by atoms with van der Waals surface area (Å²) in [6.07, 6.45) is 3.56. The van der Waals surface area contributed by atoms with Crippen LogP contribution in [0.3, 0.4) is 0 Å². The first-order valence-corrected chi connectivity index (χ1v) is 12.5. The molecule has 2 N–H and O–H groups in total. The Labute approximate surface area is 203 Å². The summed E-state index contributed by atoms with van der Waals surface area (Å²) >= 11 is 6.29. The van der Waals surface area contributed by atoms with Crippen LogP contribution < -0.4 is 14.9 Å².